The zero-order chi connectivity index (χ0) is 14.3. The lowest BCUT2D eigenvalue weighted by Crippen LogP contribution is -2.44. The van der Waals surface area contributed by atoms with E-state index in [1.165, 1.54) is 0 Å². The minimum Gasteiger partial charge on any atom is -0.479 e. The summed E-state index contributed by atoms with van der Waals surface area (Å²) in [6, 6.07) is 6.86. The number of carboxylic acid groups (broad SMARTS) is 1. The van der Waals surface area contributed by atoms with Gasteiger partial charge in [-0.15, -0.1) is 0 Å². The van der Waals surface area contributed by atoms with E-state index >= 15 is 0 Å². The predicted octanol–water partition coefficient (Wildman–Crippen LogP) is 1.45. The molecule has 0 spiro atoms. The molecule has 0 radical (unpaired) electrons. The molecule has 0 aliphatic carbocycles. The molecule has 1 aromatic rings. The van der Waals surface area contributed by atoms with Crippen molar-refractivity contribution in [1.82, 2.24) is 5.32 Å². The zero-order valence-corrected chi connectivity index (χ0v) is 11.0. The van der Waals surface area contributed by atoms with Crippen molar-refractivity contribution in [2.75, 3.05) is 0 Å². The van der Waals surface area contributed by atoms with Crippen LogP contribution in [0.5, 0.6) is 0 Å². The Labute approximate surface area is 112 Å². The molecule has 5 nitrogen and oxygen atoms in total. The Morgan fingerprint density at radius 2 is 1.95 bits per heavy atom. The van der Waals surface area contributed by atoms with E-state index in [0.29, 0.717) is 12.0 Å². The molecule has 0 saturated heterocycles. The maximum Gasteiger partial charge on any atom is 0.330 e. The Hall–Kier alpha value is -1.88. The fourth-order valence-electron chi connectivity index (χ4n) is 1.74. The van der Waals surface area contributed by atoms with Crippen LogP contribution in [0.15, 0.2) is 30.3 Å². The van der Waals surface area contributed by atoms with Crippen LogP contribution >= 0.6 is 0 Å². The molecule has 0 bridgehead atoms. The van der Waals surface area contributed by atoms with Gasteiger partial charge in [0.05, 0.1) is 6.04 Å². The van der Waals surface area contributed by atoms with Gasteiger partial charge in [-0.2, -0.15) is 0 Å². The number of carbonyl (C=O) groups excluding carboxylic acids is 1. The first-order valence-corrected chi connectivity index (χ1v) is 6.40. The lowest BCUT2D eigenvalue weighted by molar-refractivity contribution is -0.142. The lowest BCUT2D eigenvalue weighted by atomic mass is 10.1. The number of nitrogens with two attached hydrogens (primary N) is 1. The normalized spacial score (nSPS) is 13.6. The molecule has 0 aliphatic heterocycles. The average molecular weight is 264 g/mol. The molecule has 1 rings (SSSR count). The summed E-state index contributed by atoms with van der Waals surface area (Å²) in [6.07, 6.45) is 2.35. The molecular weight excluding hydrogens is 244 g/mol. The molecule has 0 heterocycles. The van der Waals surface area contributed by atoms with Crippen molar-refractivity contribution in [3.63, 3.8) is 0 Å². The van der Waals surface area contributed by atoms with Crippen molar-refractivity contribution in [3.8, 4) is 0 Å². The van der Waals surface area contributed by atoms with Gasteiger partial charge in [0, 0.05) is 0 Å². The number of hydrogen-bond acceptors (Lipinski definition) is 3. The van der Waals surface area contributed by atoms with Gasteiger partial charge in [-0.05, 0) is 12.0 Å². The molecule has 5 heteroatoms. The van der Waals surface area contributed by atoms with E-state index in [2.05, 4.69) is 5.32 Å². The number of carboxylic acids is 1. The molecule has 2 atom stereocenters. The van der Waals surface area contributed by atoms with E-state index in [0.717, 1.165) is 12.8 Å². The zero-order valence-electron chi connectivity index (χ0n) is 11.0. The molecule has 1 amide bonds. The highest BCUT2D eigenvalue weighted by Gasteiger charge is 2.24. The van der Waals surface area contributed by atoms with E-state index < -0.39 is 24.0 Å². The number of unbranched alkanes of at least 4 members (excludes halogenated alkanes) is 1. The highest BCUT2D eigenvalue weighted by Crippen LogP contribution is 2.13. The lowest BCUT2D eigenvalue weighted by Gasteiger charge is -2.18. The van der Waals surface area contributed by atoms with Crippen LogP contribution in [0.2, 0.25) is 0 Å². The van der Waals surface area contributed by atoms with Crippen LogP contribution in [-0.2, 0) is 9.59 Å². The highest BCUT2D eigenvalue weighted by molar-refractivity contribution is 5.87. The fourth-order valence-corrected chi connectivity index (χ4v) is 1.74. The summed E-state index contributed by atoms with van der Waals surface area (Å²) in [5, 5.41) is 11.7. The minimum absolute atomic E-state index is 0.426. The number of amides is 1. The second-order valence-corrected chi connectivity index (χ2v) is 4.44. The molecule has 104 valence electrons. The molecule has 1 aromatic carbocycles. The number of aliphatic carboxylic acids is 1. The second-order valence-electron chi connectivity index (χ2n) is 4.44. The maximum atomic E-state index is 11.8. The van der Waals surface area contributed by atoms with Gasteiger partial charge in [-0.25, -0.2) is 4.79 Å². The quantitative estimate of drug-likeness (QED) is 0.695. The summed E-state index contributed by atoms with van der Waals surface area (Å²) in [4.78, 5) is 23.1. The first kappa shape index (κ1) is 15.2. The van der Waals surface area contributed by atoms with Crippen molar-refractivity contribution >= 4 is 11.9 Å². The van der Waals surface area contributed by atoms with Crippen LogP contribution < -0.4 is 11.1 Å². The maximum absolute atomic E-state index is 11.8. The van der Waals surface area contributed by atoms with Gasteiger partial charge in [0.1, 0.15) is 0 Å². The summed E-state index contributed by atoms with van der Waals surface area (Å²) in [5.41, 5.74) is 6.26. The van der Waals surface area contributed by atoms with Crippen LogP contribution in [0.1, 0.15) is 37.8 Å². The van der Waals surface area contributed by atoms with Crippen molar-refractivity contribution in [2.24, 2.45) is 5.73 Å². The molecular formula is C14H20N2O3. The standard InChI is InChI=1S/C14H20N2O3/c1-2-3-9-11(15)13(17)16-12(14(18)19)10-7-5-4-6-8-10/h4-8,11-12H,2-3,9,15H2,1H3,(H,16,17)(H,18,19)/t11?,12-/m0/s1. The molecule has 0 fully saturated rings. The topological polar surface area (TPSA) is 92.4 Å². The van der Waals surface area contributed by atoms with Gasteiger partial charge in [-0.1, -0.05) is 50.1 Å². The van der Waals surface area contributed by atoms with Crippen molar-refractivity contribution in [2.45, 2.75) is 38.3 Å². The number of rotatable bonds is 7. The van der Waals surface area contributed by atoms with Crippen molar-refractivity contribution < 1.29 is 14.7 Å². The van der Waals surface area contributed by atoms with Crippen LogP contribution in [-0.4, -0.2) is 23.0 Å². The summed E-state index contributed by atoms with van der Waals surface area (Å²) in [7, 11) is 0. The first-order chi connectivity index (χ1) is 9.06. The number of carbonyl (C=O) groups is 2. The van der Waals surface area contributed by atoms with Gasteiger partial charge >= 0.3 is 5.97 Å². The Bertz CT molecular complexity index is 420. The van der Waals surface area contributed by atoms with Crippen LogP contribution in [0, 0.1) is 0 Å². The van der Waals surface area contributed by atoms with Crippen molar-refractivity contribution in [1.29, 1.82) is 0 Å². The summed E-state index contributed by atoms with van der Waals surface area (Å²) < 4.78 is 0. The summed E-state index contributed by atoms with van der Waals surface area (Å²) in [5.74, 6) is -1.52. The van der Waals surface area contributed by atoms with Gasteiger partial charge in [0.25, 0.3) is 0 Å². The van der Waals surface area contributed by atoms with E-state index in [4.69, 9.17) is 5.73 Å². The monoisotopic (exact) mass is 264 g/mol. The van der Waals surface area contributed by atoms with Crippen LogP contribution in [0.25, 0.3) is 0 Å². The van der Waals surface area contributed by atoms with E-state index in [1.807, 2.05) is 6.92 Å². The third-order valence-corrected chi connectivity index (χ3v) is 2.87. The Morgan fingerprint density at radius 3 is 2.47 bits per heavy atom. The van der Waals surface area contributed by atoms with E-state index in [1.54, 1.807) is 30.3 Å². The van der Waals surface area contributed by atoms with Crippen LogP contribution in [0.4, 0.5) is 0 Å². The Kier molecular flexibility index (Phi) is 6.02. The first-order valence-electron chi connectivity index (χ1n) is 6.40. The largest absolute Gasteiger partial charge is 0.479 e. The van der Waals surface area contributed by atoms with Gasteiger partial charge in [-0.3, -0.25) is 4.79 Å². The molecule has 19 heavy (non-hydrogen) atoms. The third kappa shape index (κ3) is 4.71. The number of benzene rings is 1. The number of hydrogen-bond donors (Lipinski definition) is 3. The molecule has 4 N–H and O–H groups in total. The Balaban J connectivity index is 2.70. The Morgan fingerprint density at radius 1 is 1.32 bits per heavy atom. The van der Waals surface area contributed by atoms with E-state index in [9.17, 15) is 14.7 Å². The van der Waals surface area contributed by atoms with E-state index in [-0.39, 0.29) is 0 Å². The van der Waals surface area contributed by atoms with Crippen molar-refractivity contribution in [3.05, 3.63) is 35.9 Å². The highest BCUT2D eigenvalue weighted by atomic mass is 16.4. The molecule has 0 saturated carbocycles. The predicted molar refractivity (Wildman–Crippen MR) is 72.5 cm³/mol. The summed E-state index contributed by atoms with van der Waals surface area (Å²) >= 11 is 0. The SMILES string of the molecule is CCCCC(N)C(=O)N[C@H](C(=O)O)c1ccccc1. The van der Waals surface area contributed by atoms with Gasteiger partial charge in [0.15, 0.2) is 6.04 Å². The van der Waals surface area contributed by atoms with Gasteiger partial charge in [0.2, 0.25) is 5.91 Å². The second kappa shape index (κ2) is 7.53. The number of nitrogens with one attached hydrogen (secondary N) is 1. The molecule has 0 aromatic heterocycles. The molecule has 1 unspecified atom stereocenters. The smallest absolute Gasteiger partial charge is 0.330 e. The summed E-state index contributed by atoms with van der Waals surface area (Å²) in [6.45, 7) is 2.01. The van der Waals surface area contributed by atoms with Crippen LogP contribution in [0.3, 0.4) is 0 Å². The minimum atomic E-state index is -1.10. The van der Waals surface area contributed by atoms with Gasteiger partial charge < -0.3 is 16.2 Å². The molecule has 0 aliphatic rings. The fraction of sp³-hybridized carbons (Fsp3) is 0.429. The average Bonchev–Trinajstić information content (AvgIpc) is 2.42. The third-order valence-electron chi connectivity index (χ3n) is 2.87.